The van der Waals surface area contributed by atoms with Crippen molar-refractivity contribution in [2.24, 2.45) is 0 Å². The van der Waals surface area contributed by atoms with Crippen LogP contribution in [0.1, 0.15) is 36.5 Å². The zero-order valence-electron chi connectivity index (χ0n) is 15.9. The average molecular weight is 355 g/mol. The molecule has 1 heterocycles. The molecule has 1 fully saturated rings. The number of fused-ring (bicyclic) bond motifs is 1. The third-order valence-corrected chi connectivity index (χ3v) is 5.47. The summed E-state index contributed by atoms with van der Waals surface area (Å²) in [4.78, 5) is 0. The van der Waals surface area contributed by atoms with E-state index in [0.29, 0.717) is 0 Å². The fourth-order valence-corrected chi connectivity index (χ4v) is 3.95. The first-order valence-corrected chi connectivity index (χ1v) is 9.82. The van der Waals surface area contributed by atoms with Gasteiger partial charge in [0, 0.05) is 30.4 Å². The predicted octanol–water partition coefficient (Wildman–Crippen LogP) is 5.29. The lowest BCUT2D eigenvalue weighted by Gasteiger charge is -2.41. The third-order valence-electron chi connectivity index (χ3n) is 5.47. The molecular formula is C24H25N3. The van der Waals surface area contributed by atoms with E-state index in [9.17, 15) is 5.26 Å². The fourth-order valence-electron chi connectivity index (χ4n) is 3.95. The molecule has 0 saturated carbocycles. The number of benzene rings is 3. The first-order chi connectivity index (χ1) is 13.3. The van der Waals surface area contributed by atoms with Crippen LogP contribution in [-0.2, 0) is 13.0 Å². The lowest BCUT2D eigenvalue weighted by atomic mass is 10.0. The molecule has 0 unspecified atom stereocenters. The summed E-state index contributed by atoms with van der Waals surface area (Å²) in [5, 5.41) is 16.5. The molecule has 136 valence electrons. The minimum Gasteiger partial charge on any atom is -0.305 e. The highest BCUT2D eigenvalue weighted by Crippen LogP contribution is 2.32. The number of hydrazine groups is 1. The normalized spacial score (nSPS) is 15.0. The molecule has 0 amide bonds. The molecule has 1 aliphatic rings. The van der Waals surface area contributed by atoms with E-state index in [1.807, 2.05) is 12.1 Å². The Morgan fingerprint density at radius 1 is 0.852 bits per heavy atom. The summed E-state index contributed by atoms with van der Waals surface area (Å²) in [5.41, 5.74) is 4.67. The Morgan fingerprint density at radius 2 is 1.56 bits per heavy atom. The maximum absolute atomic E-state index is 9.45. The smallest absolute Gasteiger partial charge is 0.0998 e. The second-order valence-electron chi connectivity index (χ2n) is 7.18. The molecule has 0 bridgehead atoms. The minimum atomic E-state index is 0.744. The van der Waals surface area contributed by atoms with Gasteiger partial charge in [0.25, 0.3) is 0 Å². The highest BCUT2D eigenvalue weighted by Gasteiger charge is 2.22. The summed E-state index contributed by atoms with van der Waals surface area (Å²) < 4.78 is 0. The first-order valence-electron chi connectivity index (χ1n) is 9.82. The largest absolute Gasteiger partial charge is 0.305 e. The topological polar surface area (TPSA) is 30.3 Å². The lowest BCUT2D eigenvalue weighted by molar-refractivity contribution is 0.205. The number of hydrogen-bond donors (Lipinski definition) is 0. The van der Waals surface area contributed by atoms with Crippen LogP contribution in [0, 0.1) is 11.3 Å². The Kier molecular flexibility index (Phi) is 5.09. The molecule has 3 aromatic rings. The molecule has 27 heavy (non-hydrogen) atoms. The highest BCUT2D eigenvalue weighted by molar-refractivity contribution is 5.97. The molecule has 0 N–H and O–H groups in total. The van der Waals surface area contributed by atoms with Gasteiger partial charge in [0.15, 0.2) is 0 Å². The standard InChI is InChI=1S/C24H25N3/c1-2-19-9-11-20(12-10-19)18-26-15-5-6-16-27(26)24-14-13-21(17-25)22-7-3-4-8-23(22)24/h3-4,7-14H,2,5-6,15-16,18H2,1H3. The van der Waals surface area contributed by atoms with Gasteiger partial charge in [-0.3, -0.25) is 0 Å². The minimum absolute atomic E-state index is 0.744. The molecule has 3 aromatic carbocycles. The summed E-state index contributed by atoms with van der Waals surface area (Å²) in [6.07, 6.45) is 3.49. The second-order valence-corrected chi connectivity index (χ2v) is 7.18. The Morgan fingerprint density at radius 3 is 2.30 bits per heavy atom. The van der Waals surface area contributed by atoms with Gasteiger partial charge in [0.1, 0.15) is 0 Å². The van der Waals surface area contributed by atoms with Crippen molar-refractivity contribution >= 4 is 16.5 Å². The molecule has 3 heteroatoms. The second kappa shape index (κ2) is 7.82. The summed E-state index contributed by atoms with van der Waals surface area (Å²) in [6.45, 7) is 5.18. The van der Waals surface area contributed by atoms with Gasteiger partial charge in [-0.05, 0) is 42.5 Å². The van der Waals surface area contributed by atoms with Crippen LogP contribution in [0.5, 0.6) is 0 Å². The van der Waals surface area contributed by atoms with Crippen molar-refractivity contribution < 1.29 is 0 Å². The highest BCUT2D eigenvalue weighted by atomic mass is 15.6. The van der Waals surface area contributed by atoms with Gasteiger partial charge < -0.3 is 5.01 Å². The number of aryl methyl sites for hydroxylation is 1. The predicted molar refractivity (Wildman–Crippen MR) is 111 cm³/mol. The van der Waals surface area contributed by atoms with Crippen molar-refractivity contribution in [1.29, 1.82) is 5.26 Å². The number of anilines is 1. The van der Waals surface area contributed by atoms with E-state index in [1.54, 1.807) is 0 Å². The Bertz CT molecular complexity index is 969. The number of rotatable bonds is 4. The monoisotopic (exact) mass is 355 g/mol. The fraction of sp³-hybridized carbons (Fsp3) is 0.292. The number of nitrogens with zero attached hydrogens (tertiary/aromatic N) is 3. The summed E-state index contributed by atoms with van der Waals surface area (Å²) >= 11 is 0. The quantitative estimate of drug-likeness (QED) is 0.637. The molecule has 0 aliphatic carbocycles. The van der Waals surface area contributed by atoms with Crippen molar-refractivity contribution in [2.45, 2.75) is 32.7 Å². The van der Waals surface area contributed by atoms with Crippen LogP contribution in [0.2, 0.25) is 0 Å². The SMILES string of the molecule is CCc1ccc(CN2CCCCN2c2ccc(C#N)c3ccccc23)cc1. The van der Waals surface area contributed by atoms with Crippen LogP contribution in [-0.4, -0.2) is 18.1 Å². The molecule has 4 rings (SSSR count). The van der Waals surface area contributed by atoms with Gasteiger partial charge in [-0.15, -0.1) is 0 Å². The van der Waals surface area contributed by atoms with Gasteiger partial charge in [0.05, 0.1) is 17.3 Å². The zero-order chi connectivity index (χ0) is 18.6. The molecule has 0 radical (unpaired) electrons. The summed E-state index contributed by atoms with van der Waals surface area (Å²) in [6, 6.07) is 23.6. The van der Waals surface area contributed by atoms with E-state index in [2.05, 4.69) is 71.5 Å². The van der Waals surface area contributed by atoms with E-state index >= 15 is 0 Å². The average Bonchev–Trinajstić information content (AvgIpc) is 2.74. The summed E-state index contributed by atoms with van der Waals surface area (Å²) in [7, 11) is 0. The van der Waals surface area contributed by atoms with Crippen molar-refractivity contribution in [2.75, 3.05) is 18.1 Å². The Labute approximate surface area is 161 Å². The third kappa shape index (κ3) is 3.54. The van der Waals surface area contributed by atoms with Crippen molar-refractivity contribution in [3.05, 3.63) is 77.4 Å². The van der Waals surface area contributed by atoms with E-state index < -0.39 is 0 Å². The zero-order valence-corrected chi connectivity index (χ0v) is 15.9. The number of nitriles is 1. The molecule has 3 nitrogen and oxygen atoms in total. The first kappa shape index (κ1) is 17.6. The number of hydrogen-bond acceptors (Lipinski definition) is 3. The van der Waals surface area contributed by atoms with Gasteiger partial charge >= 0.3 is 0 Å². The molecule has 1 aliphatic heterocycles. The van der Waals surface area contributed by atoms with Gasteiger partial charge in [-0.1, -0.05) is 55.5 Å². The summed E-state index contributed by atoms with van der Waals surface area (Å²) in [5.74, 6) is 0. The van der Waals surface area contributed by atoms with Crippen molar-refractivity contribution in [1.82, 2.24) is 5.01 Å². The molecule has 0 atom stereocenters. The van der Waals surface area contributed by atoms with Gasteiger partial charge in [-0.2, -0.15) is 5.26 Å². The van der Waals surface area contributed by atoms with Crippen LogP contribution >= 0.6 is 0 Å². The van der Waals surface area contributed by atoms with Crippen LogP contribution in [0.4, 0.5) is 5.69 Å². The van der Waals surface area contributed by atoms with E-state index in [-0.39, 0.29) is 0 Å². The molecule has 0 spiro atoms. The van der Waals surface area contributed by atoms with Crippen molar-refractivity contribution in [3.63, 3.8) is 0 Å². The van der Waals surface area contributed by atoms with E-state index in [0.717, 1.165) is 42.4 Å². The molecule has 1 saturated heterocycles. The van der Waals surface area contributed by atoms with Gasteiger partial charge in [0.2, 0.25) is 0 Å². The Balaban J connectivity index is 1.68. The van der Waals surface area contributed by atoms with E-state index in [4.69, 9.17) is 0 Å². The van der Waals surface area contributed by atoms with E-state index in [1.165, 1.54) is 29.7 Å². The van der Waals surface area contributed by atoms with Crippen LogP contribution in [0.15, 0.2) is 60.7 Å². The van der Waals surface area contributed by atoms with Crippen LogP contribution < -0.4 is 5.01 Å². The van der Waals surface area contributed by atoms with Crippen LogP contribution in [0.25, 0.3) is 10.8 Å². The molecular weight excluding hydrogens is 330 g/mol. The Hall–Kier alpha value is -2.83. The lowest BCUT2D eigenvalue weighted by Crippen LogP contribution is -2.47. The van der Waals surface area contributed by atoms with Gasteiger partial charge in [-0.25, -0.2) is 5.01 Å². The maximum Gasteiger partial charge on any atom is 0.0998 e. The van der Waals surface area contributed by atoms with Crippen molar-refractivity contribution in [3.8, 4) is 6.07 Å². The molecule has 0 aromatic heterocycles. The maximum atomic E-state index is 9.45. The van der Waals surface area contributed by atoms with Crippen LogP contribution in [0.3, 0.4) is 0 Å².